The van der Waals surface area contributed by atoms with Crippen LogP contribution in [0.2, 0.25) is 0 Å². The lowest BCUT2D eigenvalue weighted by Gasteiger charge is -2.32. The second-order valence-corrected chi connectivity index (χ2v) is 4.02. The Hall–Kier alpha value is -1.53. The molecule has 0 bridgehead atoms. The Morgan fingerprint density at radius 2 is 1.83 bits per heavy atom. The van der Waals surface area contributed by atoms with Gasteiger partial charge in [0.25, 0.3) is 0 Å². The van der Waals surface area contributed by atoms with E-state index in [0.29, 0.717) is 26.3 Å². The van der Waals surface area contributed by atoms with Crippen LogP contribution in [0, 0.1) is 11.6 Å². The predicted molar refractivity (Wildman–Crippen MR) is 59.1 cm³/mol. The number of nitrogens with zero attached hydrogens (tertiary/aromatic N) is 1. The molecule has 1 N–H and O–H groups in total. The Morgan fingerprint density at radius 1 is 1.28 bits per heavy atom. The summed E-state index contributed by atoms with van der Waals surface area (Å²) in [6.45, 7) is 1.40. The third-order valence-corrected chi connectivity index (χ3v) is 2.92. The number of hydrogen-bond donors (Lipinski definition) is 1. The normalized spacial score (nSPS) is 18.6. The molecule has 1 aromatic rings. The van der Waals surface area contributed by atoms with Gasteiger partial charge in [-0.05, 0) is 12.1 Å². The Morgan fingerprint density at radius 3 is 2.33 bits per heavy atom. The van der Waals surface area contributed by atoms with Crippen molar-refractivity contribution in [2.75, 3.05) is 26.3 Å². The highest BCUT2D eigenvalue weighted by Crippen LogP contribution is 2.27. The monoisotopic (exact) mass is 257 g/mol. The molecule has 0 aromatic heterocycles. The number of carboxylic acid groups (broad SMARTS) is 1. The fourth-order valence-corrected chi connectivity index (χ4v) is 2.07. The Bertz CT molecular complexity index is 427. The third kappa shape index (κ3) is 2.49. The Balaban J connectivity index is 2.37. The van der Waals surface area contributed by atoms with E-state index in [2.05, 4.69) is 0 Å². The largest absolute Gasteiger partial charge is 0.480 e. The number of rotatable bonds is 3. The van der Waals surface area contributed by atoms with Crippen LogP contribution in [0.4, 0.5) is 8.78 Å². The van der Waals surface area contributed by atoms with Gasteiger partial charge in [0.05, 0.1) is 18.8 Å². The van der Waals surface area contributed by atoms with Crippen molar-refractivity contribution in [3.8, 4) is 0 Å². The van der Waals surface area contributed by atoms with Gasteiger partial charge >= 0.3 is 5.97 Å². The summed E-state index contributed by atoms with van der Waals surface area (Å²) in [5.41, 5.74) is -0.410. The van der Waals surface area contributed by atoms with Crippen molar-refractivity contribution in [2.24, 2.45) is 0 Å². The highest BCUT2D eigenvalue weighted by Gasteiger charge is 2.33. The minimum Gasteiger partial charge on any atom is -0.480 e. The van der Waals surface area contributed by atoms with E-state index in [4.69, 9.17) is 4.74 Å². The highest BCUT2D eigenvalue weighted by molar-refractivity contribution is 5.75. The first-order chi connectivity index (χ1) is 8.61. The average Bonchev–Trinajstić information content (AvgIpc) is 2.34. The minimum absolute atomic E-state index is 0.338. The van der Waals surface area contributed by atoms with Gasteiger partial charge in [0.1, 0.15) is 17.7 Å². The molecule has 1 unspecified atom stereocenters. The van der Waals surface area contributed by atoms with E-state index in [1.807, 2.05) is 0 Å². The van der Waals surface area contributed by atoms with E-state index in [1.165, 1.54) is 11.0 Å². The number of carbonyl (C=O) groups is 1. The van der Waals surface area contributed by atoms with E-state index in [0.717, 1.165) is 12.1 Å². The fourth-order valence-electron chi connectivity index (χ4n) is 2.07. The Labute approximate surface area is 103 Å². The summed E-state index contributed by atoms with van der Waals surface area (Å²) in [4.78, 5) is 12.8. The van der Waals surface area contributed by atoms with E-state index < -0.39 is 29.2 Å². The zero-order valence-electron chi connectivity index (χ0n) is 9.60. The van der Waals surface area contributed by atoms with Crippen LogP contribution < -0.4 is 0 Å². The molecule has 1 heterocycles. The van der Waals surface area contributed by atoms with Crippen molar-refractivity contribution in [1.82, 2.24) is 4.90 Å². The molecule has 0 saturated carbocycles. The van der Waals surface area contributed by atoms with Gasteiger partial charge in [0, 0.05) is 13.1 Å². The van der Waals surface area contributed by atoms with E-state index in [9.17, 15) is 18.7 Å². The molecule has 0 spiro atoms. The number of halogens is 2. The number of hydrogen-bond acceptors (Lipinski definition) is 3. The summed E-state index contributed by atoms with van der Waals surface area (Å²) in [5.74, 6) is -2.94. The molecule has 4 nitrogen and oxygen atoms in total. The molecular weight excluding hydrogens is 244 g/mol. The summed E-state index contributed by atoms with van der Waals surface area (Å²) >= 11 is 0. The molecule has 1 fully saturated rings. The lowest BCUT2D eigenvalue weighted by atomic mass is 10.0. The van der Waals surface area contributed by atoms with Gasteiger partial charge in [-0.3, -0.25) is 9.69 Å². The van der Waals surface area contributed by atoms with Crippen LogP contribution in [0.1, 0.15) is 11.6 Å². The van der Waals surface area contributed by atoms with Gasteiger partial charge in [-0.2, -0.15) is 0 Å². The number of ether oxygens (including phenoxy) is 1. The van der Waals surface area contributed by atoms with E-state index in [-0.39, 0.29) is 0 Å². The summed E-state index contributed by atoms with van der Waals surface area (Å²) in [7, 11) is 0. The second kappa shape index (κ2) is 5.41. The van der Waals surface area contributed by atoms with Crippen LogP contribution >= 0.6 is 0 Å². The van der Waals surface area contributed by atoms with E-state index >= 15 is 0 Å². The quantitative estimate of drug-likeness (QED) is 0.889. The topological polar surface area (TPSA) is 49.8 Å². The minimum atomic E-state index is -1.31. The number of carboxylic acids is 1. The maximum absolute atomic E-state index is 13.7. The number of morpholine rings is 1. The van der Waals surface area contributed by atoms with Crippen LogP contribution in [0.5, 0.6) is 0 Å². The van der Waals surface area contributed by atoms with Crippen molar-refractivity contribution in [2.45, 2.75) is 6.04 Å². The van der Waals surface area contributed by atoms with Gasteiger partial charge < -0.3 is 9.84 Å². The maximum atomic E-state index is 13.7. The smallest absolute Gasteiger partial charge is 0.325 e. The van der Waals surface area contributed by atoms with Crippen LogP contribution in [0.25, 0.3) is 0 Å². The number of aliphatic carboxylic acids is 1. The van der Waals surface area contributed by atoms with Crippen LogP contribution in [-0.4, -0.2) is 42.3 Å². The molecule has 98 valence electrons. The Kier molecular flexibility index (Phi) is 3.88. The summed E-state index contributed by atoms with van der Waals surface area (Å²) in [6, 6.07) is 2.03. The van der Waals surface area contributed by atoms with Crippen molar-refractivity contribution in [1.29, 1.82) is 0 Å². The lowest BCUT2D eigenvalue weighted by molar-refractivity contribution is -0.145. The number of benzene rings is 1. The molecule has 1 aliphatic rings. The van der Waals surface area contributed by atoms with Crippen LogP contribution in [-0.2, 0) is 9.53 Å². The molecule has 18 heavy (non-hydrogen) atoms. The first-order valence-electron chi connectivity index (χ1n) is 5.60. The molecule has 1 saturated heterocycles. The molecule has 6 heteroatoms. The first-order valence-corrected chi connectivity index (χ1v) is 5.60. The standard InChI is InChI=1S/C12H13F2NO3/c13-8-2-1-3-9(14)10(8)11(12(16)17)15-4-6-18-7-5-15/h1-3,11H,4-7H2,(H,16,17). The molecule has 1 aromatic carbocycles. The zero-order chi connectivity index (χ0) is 13.1. The highest BCUT2D eigenvalue weighted by atomic mass is 19.1. The van der Waals surface area contributed by atoms with Gasteiger partial charge in [-0.1, -0.05) is 6.07 Å². The molecule has 0 aliphatic carbocycles. The van der Waals surface area contributed by atoms with Gasteiger partial charge in [0.15, 0.2) is 0 Å². The second-order valence-electron chi connectivity index (χ2n) is 4.02. The predicted octanol–water partition coefficient (Wildman–Crippen LogP) is 1.42. The van der Waals surface area contributed by atoms with E-state index in [1.54, 1.807) is 0 Å². The SMILES string of the molecule is O=C(O)C(c1c(F)cccc1F)N1CCOCC1. The lowest BCUT2D eigenvalue weighted by Crippen LogP contribution is -2.42. The molecule has 0 radical (unpaired) electrons. The average molecular weight is 257 g/mol. The van der Waals surface area contributed by atoms with Crippen LogP contribution in [0.15, 0.2) is 18.2 Å². The summed E-state index contributed by atoms with van der Waals surface area (Å²) in [5, 5.41) is 9.21. The molecule has 1 atom stereocenters. The third-order valence-electron chi connectivity index (χ3n) is 2.92. The summed E-state index contributed by atoms with van der Waals surface area (Å²) < 4.78 is 32.4. The van der Waals surface area contributed by atoms with Gasteiger partial charge in [-0.25, -0.2) is 8.78 Å². The first kappa shape index (κ1) is 12.9. The van der Waals surface area contributed by atoms with Crippen molar-refractivity contribution in [3.05, 3.63) is 35.4 Å². The zero-order valence-corrected chi connectivity index (χ0v) is 9.60. The fraction of sp³-hybridized carbons (Fsp3) is 0.417. The van der Waals surface area contributed by atoms with Gasteiger partial charge in [0.2, 0.25) is 0 Å². The van der Waals surface area contributed by atoms with Crippen LogP contribution in [0.3, 0.4) is 0 Å². The molecule has 2 rings (SSSR count). The van der Waals surface area contributed by atoms with Crippen molar-refractivity contribution < 1.29 is 23.4 Å². The molecule has 0 amide bonds. The van der Waals surface area contributed by atoms with Crippen molar-refractivity contribution >= 4 is 5.97 Å². The van der Waals surface area contributed by atoms with Crippen molar-refractivity contribution in [3.63, 3.8) is 0 Å². The summed E-state index contributed by atoms with van der Waals surface area (Å²) in [6.07, 6.45) is 0. The van der Waals surface area contributed by atoms with Gasteiger partial charge in [-0.15, -0.1) is 0 Å². The maximum Gasteiger partial charge on any atom is 0.325 e. The molecule has 1 aliphatic heterocycles. The molecular formula is C12H13F2NO3.